The summed E-state index contributed by atoms with van der Waals surface area (Å²) in [5.41, 5.74) is -2.45. The minimum atomic E-state index is -4.64. The van der Waals surface area contributed by atoms with Crippen molar-refractivity contribution >= 4 is 17.4 Å². The molecule has 198 valence electrons. The highest BCUT2D eigenvalue weighted by molar-refractivity contribution is 5.76. The number of hydrogen-bond acceptors (Lipinski definition) is 7. The van der Waals surface area contributed by atoms with E-state index >= 15 is 0 Å². The lowest BCUT2D eigenvalue weighted by molar-refractivity contribution is -0.138. The molecule has 3 heterocycles. The highest BCUT2D eigenvalue weighted by Crippen LogP contribution is 2.34. The van der Waals surface area contributed by atoms with E-state index in [4.69, 9.17) is 4.74 Å². The van der Waals surface area contributed by atoms with E-state index in [0.29, 0.717) is 38.2 Å². The van der Waals surface area contributed by atoms with E-state index in [1.54, 1.807) is 18.2 Å². The Morgan fingerprint density at radius 3 is 2.47 bits per heavy atom. The summed E-state index contributed by atoms with van der Waals surface area (Å²) >= 11 is 0. The summed E-state index contributed by atoms with van der Waals surface area (Å²) in [6.45, 7) is 1.56. The number of amides is 1. The first-order valence-corrected chi connectivity index (χ1v) is 12.1. The normalized spacial score (nSPS) is 19.8. The van der Waals surface area contributed by atoms with Gasteiger partial charge in [-0.05, 0) is 50.7 Å². The van der Waals surface area contributed by atoms with Gasteiger partial charge in [0.15, 0.2) is 0 Å². The lowest BCUT2D eigenvalue weighted by Gasteiger charge is -2.30. The molecule has 2 aliphatic rings. The summed E-state index contributed by atoms with van der Waals surface area (Å²) < 4.78 is 43.0. The molecular weight excluding hydrogens is 477 g/mol. The quantitative estimate of drug-likeness (QED) is 0.524. The number of aromatic nitrogens is 3. The van der Waals surface area contributed by atoms with Crippen molar-refractivity contribution in [1.29, 1.82) is 0 Å². The van der Waals surface area contributed by atoms with Crippen LogP contribution >= 0.6 is 0 Å². The zero-order valence-electron chi connectivity index (χ0n) is 20.3. The molecule has 1 amide bonds. The molecule has 2 aromatic heterocycles. The number of rotatable bonds is 7. The Balaban J connectivity index is 0.000000205. The highest BCUT2D eigenvalue weighted by Gasteiger charge is 2.39. The third-order valence-electron chi connectivity index (χ3n) is 6.21. The second kappa shape index (κ2) is 13.2. The van der Waals surface area contributed by atoms with Gasteiger partial charge in [-0.2, -0.15) is 18.3 Å². The van der Waals surface area contributed by atoms with E-state index < -0.39 is 17.3 Å². The molecule has 1 saturated carbocycles. The number of ether oxygens (including phenoxy) is 1. The molecule has 1 aliphatic heterocycles. The number of hydrogen-bond donors (Lipinski definition) is 3. The number of halogens is 3. The van der Waals surface area contributed by atoms with Crippen LogP contribution in [0.1, 0.15) is 50.5 Å². The van der Waals surface area contributed by atoms with Crippen molar-refractivity contribution in [3.8, 4) is 0 Å². The van der Waals surface area contributed by atoms with Crippen LogP contribution in [0.4, 0.5) is 24.7 Å². The molecule has 0 aromatic carbocycles. The van der Waals surface area contributed by atoms with Crippen molar-refractivity contribution in [2.75, 3.05) is 37.0 Å². The van der Waals surface area contributed by atoms with Gasteiger partial charge in [0.25, 0.3) is 5.56 Å². The fraction of sp³-hybridized carbons (Fsp3) is 0.583. The third kappa shape index (κ3) is 8.21. The van der Waals surface area contributed by atoms with E-state index in [-0.39, 0.29) is 11.6 Å². The summed E-state index contributed by atoms with van der Waals surface area (Å²) in [5.74, 6) is 1.02. The largest absolute Gasteiger partial charge is 0.423 e. The summed E-state index contributed by atoms with van der Waals surface area (Å²) in [6, 6.07) is 6.64. The van der Waals surface area contributed by atoms with E-state index in [1.807, 2.05) is 23.3 Å². The maximum atomic E-state index is 12.7. The second-order valence-corrected chi connectivity index (χ2v) is 8.87. The molecule has 12 heteroatoms. The molecule has 0 spiro atoms. The number of carbonyl (C=O) groups excluding carboxylic acids is 1. The van der Waals surface area contributed by atoms with Gasteiger partial charge in [0, 0.05) is 44.9 Å². The number of alkyl halides is 3. The van der Waals surface area contributed by atoms with Crippen LogP contribution in [0.3, 0.4) is 0 Å². The van der Waals surface area contributed by atoms with Crippen LogP contribution in [0.15, 0.2) is 35.4 Å². The molecule has 1 aliphatic carbocycles. The van der Waals surface area contributed by atoms with Crippen LogP contribution < -0.4 is 21.1 Å². The molecule has 0 atom stereocenters. The Bertz CT molecular complexity index is 1000. The lowest BCUT2D eigenvalue weighted by atomic mass is 9.91. The summed E-state index contributed by atoms with van der Waals surface area (Å²) in [5, 5.41) is 11.8. The van der Waals surface area contributed by atoms with Crippen LogP contribution in [0.5, 0.6) is 0 Å². The Kier molecular flexibility index (Phi) is 10.1. The molecule has 1 saturated heterocycles. The first-order chi connectivity index (χ1) is 17.3. The molecule has 2 fully saturated rings. The van der Waals surface area contributed by atoms with Crippen LogP contribution in [-0.4, -0.2) is 60.0 Å². The van der Waals surface area contributed by atoms with Crippen molar-refractivity contribution in [3.05, 3.63) is 46.5 Å². The lowest BCUT2D eigenvalue weighted by Crippen LogP contribution is -2.40. The smallest absolute Gasteiger partial charge is 0.384 e. The summed E-state index contributed by atoms with van der Waals surface area (Å²) in [7, 11) is 1.61. The standard InChI is InChI=1S/C15H23N3O2.C9H10F3N3O/c1-20-11-9-15(19)18-13-7-5-12(6-8-13)17-14-4-2-3-10-16-14;10-9(11,12)7-6(5-13-14-8(7)16)15-3-1-2-4-15/h2-4,10,12-13H,5-9,11H2,1H3,(H,16,17)(H,18,19);5H,1-4H2,(H,14,16). The molecule has 9 nitrogen and oxygen atoms in total. The molecule has 36 heavy (non-hydrogen) atoms. The van der Waals surface area contributed by atoms with Crippen molar-refractivity contribution in [2.45, 2.75) is 63.2 Å². The van der Waals surface area contributed by atoms with Gasteiger partial charge in [-0.25, -0.2) is 10.1 Å². The van der Waals surface area contributed by atoms with Gasteiger partial charge in [0.05, 0.1) is 18.5 Å². The maximum absolute atomic E-state index is 12.7. The van der Waals surface area contributed by atoms with E-state index in [9.17, 15) is 22.8 Å². The zero-order chi connectivity index (χ0) is 26.0. The van der Waals surface area contributed by atoms with E-state index in [2.05, 4.69) is 20.7 Å². The van der Waals surface area contributed by atoms with Crippen LogP contribution in [0.25, 0.3) is 0 Å². The van der Waals surface area contributed by atoms with Gasteiger partial charge in [0.1, 0.15) is 11.4 Å². The molecule has 4 rings (SSSR count). The van der Waals surface area contributed by atoms with Crippen LogP contribution in [-0.2, 0) is 15.7 Å². The topological polar surface area (TPSA) is 112 Å². The van der Waals surface area contributed by atoms with Crippen molar-refractivity contribution < 1.29 is 22.7 Å². The van der Waals surface area contributed by atoms with Gasteiger partial charge in [-0.3, -0.25) is 9.59 Å². The zero-order valence-corrected chi connectivity index (χ0v) is 20.3. The monoisotopic (exact) mass is 510 g/mol. The first kappa shape index (κ1) is 27.4. The molecule has 3 N–H and O–H groups in total. The number of anilines is 2. The van der Waals surface area contributed by atoms with Crippen molar-refractivity contribution in [1.82, 2.24) is 20.5 Å². The van der Waals surface area contributed by atoms with Crippen molar-refractivity contribution in [3.63, 3.8) is 0 Å². The molecule has 2 aromatic rings. The maximum Gasteiger partial charge on any atom is 0.423 e. The second-order valence-electron chi connectivity index (χ2n) is 8.87. The first-order valence-electron chi connectivity index (χ1n) is 12.1. The molecule has 0 radical (unpaired) electrons. The molecule has 0 bridgehead atoms. The fourth-order valence-electron chi connectivity index (χ4n) is 4.39. The van der Waals surface area contributed by atoms with Crippen LogP contribution in [0, 0.1) is 0 Å². The summed E-state index contributed by atoms with van der Waals surface area (Å²) in [4.78, 5) is 28.6. The third-order valence-corrected chi connectivity index (χ3v) is 6.21. The van der Waals surface area contributed by atoms with Gasteiger partial charge in [0.2, 0.25) is 5.91 Å². The van der Waals surface area contributed by atoms with Crippen LogP contribution in [0.2, 0.25) is 0 Å². The van der Waals surface area contributed by atoms with Gasteiger partial charge in [-0.1, -0.05) is 6.07 Å². The SMILES string of the molecule is COCCC(=O)NC1CCC(Nc2ccccn2)CC1.O=c1[nH]ncc(N2CCCC2)c1C(F)(F)F. The number of aromatic amines is 1. The fourth-order valence-corrected chi connectivity index (χ4v) is 4.39. The Morgan fingerprint density at radius 2 is 1.86 bits per heavy atom. The number of pyridine rings is 1. The average molecular weight is 511 g/mol. The number of methoxy groups -OCH3 is 1. The van der Waals surface area contributed by atoms with Gasteiger partial charge >= 0.3 is 6.18 Å². The number of carbonyl (C=O) groups is 1. The Hall–Kier alpha value is -3.15. The molecular formula is C24H33F3N6O3. The predicted molar refractivity (Wildman–Crippen MR) is 130 cm³/mol. The predicted octanol–water partition coefficient (Wildman–Crippen LogP) is 3.35. The number of nitrogens with one attached hydrogen (secondary N) is 3. The number of H-pyrrole nitrogens is 1. The minimum Gasteiger partial charge on any atom is -0.384 e. The average Bonchev–Trinajstić information content (AvgIpc) is 3.39. The van der Waals surface area contributed by atoms with E-state index in [1.165, 1.54) is 0 Å². The Morgan fingerprint density at radius 1 is 1.17 bits per heavy atom. The summed E-state index contributed by atoms with van der Waals surface area (Å²) in [6.07, 6.45) is 4.49. The number of nitrogens with zero attached hydrogens (tertiary/aromatic N) is 3. The highest BCUT2D eigenvalue weighted by atomic mass is 19.4. The van der Waals surface area contributed by atoms with E-state index in [0.717, 1.165) is 50.5 Å². The van der Waals surface area contributed by atoms with Crippen molar-refractivity contribution in [2.24, 2.45) is 0 Å². The van der Waals surface area contributed by atoms with Gasteiger partial charge < -0.3 is 20.3 Å². The molecule has 0 unspecified atom stereocenters. The minimum absolute atomic E-state index is 0.0907. The Labute approximate surface area is 207 Å². The van der Waals surface area contributed by atoms with Gasteiger partial charge in [-0.15, -0.1) is 0 Å².